The molecule has 0 atom stereocenters. The van der Waals surface area contributed by atoms with E-state index in [4.69, 9.17) is 28.2 Å². The molecule has 0 saturated heterocycles. The van der Waals surface area contributed by atoms with Crippen LogP contribution in [0.3, 0.4) is 0 Å². The van der Waals surface area contributed by atoms with Gasteiger partial charge in [0, 0.05) is 46.3 Å². The van der Waals surface area contributed by atoms with E-state index in [1.807, 2.05) is 47.2 Å². The number of aromatic hydroxyl groups is 1. The van der Waals surface area contributed by atoms with Crippen molar-refractivity contribution in [2.75, 3.05) is 20.1 Å². The van der Waals surface area contributed by atoms with Crippen molar-refractivity contribution >= 4 is 45.7 Å². The number of amides is 1. The van der Waals surface area contributed by atoms with Gasteiger partial charge in [0.05, 0.1) is 23.2 Å². The molecule has 0 aliphatic rings. The number of hydrogen-bond acceptors (Lipinski definition) is 4. The number of carbonyl (C=O) groups is 1. The van der Waals surface area contributed by atoms with Crippen LogP contribution < -0.4 is 5.36 Å². The van der Waals surface area contributed by atoms with E-state index in [1.165, 1.54) is 0 Å². The van der Waals surface area contributed by atoms with Crippen molar-refractivity contribution in [1.82, 2.24) is 14.4 Å². The second-order valence-corrected chi connectivity index (χ2v) is 9.74. The van der Waals surface area contributed by atoms with Crippen molar-refractivity contribution in [1.29, 1.82) is 0 Å². The Morgan fingerprint density at radius 1 is 0.946 bits per heavy atom. The fourth-order valence-electron chi connectivity index (χ4n) is 4.21. The Hall–Kier alpha value is -3.32. The Bertz CT molecular complexity index is 1480. The molecule has 0 fully saturated rings. The highest BCUT2D eigenvalue weighted by Gasteiger charge is 2.13. The maximum atomic E-state index is 13.0. The highest BCUT2D eigenvalue weighted by molar-refractivity contribution is 6.31. The van der Waals surface area contributed by atoms with Crippen LogP contribution in [0, 0.1) is 0 Å². The Morgan fingerprint density at radius 2 is 1.65 bits per heavy atom. The van der Waals surface area contributed by atoms with Gasteiger partial charge in [-0.25, -0.2) is 4.99 Å². The highest BCUT2D eigenvalue weighted by Crippen LogP contribution is 2.25. The zero-order chi connectivity index (χ0) is 26.5. The molecule has 0 unspecified atom stereocenters. The first-order valence-corrected chi connectivity index (χ1v) is 12.9. The molecule has 37 heavy (non-hydrogen) atoms. The van der Waals surface area contributed by atoms with E-state index < -0.39 is 0 Å². The average Bonchev–Trinajstić information content (AvgIpc) is 2.90. The lowest BCUT2D eigenvalue weighted by Crippen LogP contribution is -2.29. The van der Waals surface area contributed by atoms with Crippen LogP contribution in [0.25, 0.3) is 10.9 Å². The summed E-state index contributed by atoms with van der Waals surface area (Å²) in [6.07, 6.45) is 1.90. The molecule has 0 spiro atoms. The van der Waals surface area contributed by atoms with Crippen LogP contribution >= 0.6 is 23.2 Å². The average molecular weight is 537 g/mol. The van der Waals surface area contributed by atoms with Gasteiger partial charge in [-0.2, -0.15) is 0 Å². The van der Waals surface area contributed by atoms with Crippen LogP contribution in [0.1, 0.15) is 29.8 Å². The Balaban J connectivity index is 1.70. The first-order chi connectivity index (χ1) is 17.8. The molecule has 6 nitrogen and oxygen atoms in total. The smallest absolute Gasteiger partial charge is 0.255 e. The molecule has 0 radical (unpaired) electrons. The predicted octanol–water partition coefficient (Wildman–Crippen LogP) is 6.46. The van der Waals surface area contributed by atoms with Gasteiger partial charge in [-0.05, 0) is 79.8 Å². The Kier molecular flexibility index (Phi) is 8.54. The summed E-state index contributed by atoms with van der Waals surface area (Å²) in [5.74, 6) is 0.153. The van der Waals surface area contributed by atoms with Crippen LogP contribution in [-0.4, -0.2) is 45.5 Å². The van der Waals surface area contributed by atoms with Crippen molar-refractivity contribution in [3.05, 3.63) is 99.5 Å². The van der Waals surface area contributed by atoms with Gasteiger partial charge in [0.25, 0.3) is 5.91 Å². The number of halogens is 2. The fraction of sp³-hybridized carbons (Fsp3) is 0.241. The molecule has 1 heterocycles. The quantitative estimate of drug-likeness (QED) is 0.281. The summed E-state index contributed by atoms with van der Waals surface area (Å²) >= 11 is 12.3. The molecule has 1 amide bonds. The van der Waals surface area contributed by atoms with Crippen LogP contribution in [-0.2, 0) is 13.2 Å². The molecule has 8 heteroatoms. The number of benzene rings is 3. The third kappa shape index (κ3) is 6.34. The van der Waals surface area contributed by atoms with Crippen LogP contribution in [0.4, 0.5) is 5.69 Å². The Morgan fingerprint density at radius 3 is 2.35 bits per heavy atom. The van der Waals surface area contributed by atoms with Crippen molar-refractivity contribution in [3.8, 4) is 5.75 Å². The fourth-order valence-corrected chi connectivity index (χ4v) is 4.50. The van der Waals surface area contributed by atoms with Crippen LogP contribution in [0.2, 0.25) is 10.0 Å². The van der Waals surface area contributed by atoms with E-state index >= 15 is 0 Å². The van der Waals surface area contributed by atoms with Crippen LogP contribution in [0.5, 0.6) is 5.75 Å². The second-order valence-electron chi connectivity index (χ2n) is 8.87. The maximum absolute atomic E-state index is 13.0. The van der Waals surface area contributed by atoms with E-state index in [1.54, 1.807) is 42.3 Å². The van der Waals surface area contributed by atoms with Gasteiger partial charge >= 0.3 is 0 Å². The monoisotopic (exact) mass is 536 g/mol. The van der Waals surface area contributed by atoms with E-state index in [2.05, 4.69) is 18.7 Å². The van der Waals surface area contributed by atoms with Gasteiger partial charge in [0.15, 0.2) is 0 Å². The number of aromatic nitrogens is 1. The minimum Gasteiger partial charge on any atom is -0.508 e. The molecule has 192 valence electrons. The van der Waals surface area contributed by atoms with Gasteiger partial charge < -0.3 is 14.6 Å². The number of fused-ring (bicyclic) bond motifs is 1. The van der Waals surface area contributed by atoms with Gasteiger partial charge in [-0.15, -0.1) is 0 Å². The molecular formula is C29H30Cl2N4O2. The van der Waals surface area contributed by atoms with Crippen molar-refractivity contribution < 1.29 is 9.90 Å². The number of hydrogen-bond donors (Lipinski definition) is 1. The summed E-state index contributed by atoms with van der Waals surface area (Å²) in [6.45, 7) is 6.98. The molecule has 4 aromatic rings. The van der Waals surface area contributed by atoms with Crippen LogP contribution in [0.15, 0.2) is 77.9 Å². The van der Waals surface area contributed by atoms with E-state index in [0.717, 1.165) is 40.6 Å². The van der Waals surface area contributed by atoms with Crippen molar-refractivity contribution in [2.45, 2.75) is 27.1 Å². The van der Waals surface area contributed by atoms with E-state index in [-0.39, 0.29) is 11.7 Å². The second kappa shape index (κ2) is 11.8. The Labute approximate surface area is 227 Å². The molecule has 0 aliphatic carbocycles. The predicted molar refractivity (Wildman–Crippen MR) is 150 cm³/mol. The summed E-state index contributed by atoms with van der Waals surface area (Å²) in [6, 6.07) is 19.8. The maximum Gasteiger partial charge on any atom is 0.255 e. The summed E-state index contributed by atoms with van der Waals surface area (Å²) in [4.78, 5) is 21.7. The topological polar surface area (TPSA) is 61.1 Å². The van der Waals surface area contributed by atoms with Gasteiger partial charge in [0.2, 0.25) is 0 Å². The summed E-state index contributed by atoms with van der Waals surface area (Å²) in [5.41, 5.74) is 3.01. The zero-order valence-electron chi connectivity index (χ0n) is 21.2. The van der Waals surface area contributed by atoms with E-state index in [9.17, 15) is 9.90 Å². The number of carbonyl (C=O) groups excluding carboxylic acids is 1. The molecule has 0 aliphatic heterocycles. The highest BCUT2D eigenvalue weighted by atomic mass is 35.5. The number of nitrogens with zero attached hydrogens (tertiary/aromatic N) is 4. The summed E-state index contributed by atoms with van der Waals surface area (Å²) < 4.78 is 1.97. The number of rotatable bonds is 8. The van der Waals surface area contributed by atoms with Gasteiger partial charge in [0.1, 0.15) is 5.75 Å². The SMILES string of the molecule is CCN(CC)Cc1cc(N=c2ccn(CN(C)C(=O)c3ccc(Cl)cc3)c3cc(Cl)ccc23)ccc1O. The number of pyridine rings is 1. The minimum absolute atomic E-state index is 0.113. The summed E-state index contributed by atoms with van der Waals surface area (Å²) in [7, 11) is 1.76. The lowest BCUT2D eigenvalue weighted by molar-refractivity contribution is 0.0754. The van der Waals surface area contributed by atoms with Crippen molar-refractivity contribution in [3.63, 3.8) is 0 Å². The molecule has 1 aromatic heterocycles. The first-order valence-electron chi connectivity index (χ1n) is 12.2. The standard InChI is InChI=1S/C29H30Cl2N4O2/c1-4-34(5-2)18-21-16-24(11-13-28(21)36)32-26-14-15-35(27-17-23(31)10-12-25(26)27)19-33(3)29(37)20-6-8-22(30)9-7-20/h6-17,36H,4-5,18-19H2,1-3H3. The zero-order valence-corrected chi connectivity index (χ0v) is 22.7. The molecule has 3 aromatic carbocycles. The molecule has 0 saturated carbocycles. The third-order valence-corrected chi connectivity index (χ3v) is 6.85. The number of phenols is 1. The summed E-state index contributed by atoms with van der Waals surface area (Å²) in [5, 5.41) is 13.2. The number of phenolic OH excluding ortho intramolecular Hbond substituents is 1. The lowest BCUT2D eigenvalue weighted by atomic mass is 10.1. The van der Waals surface area contributed by atoms with Crippen molar-refractivity contribution in [2.24, 2.45) is 4.99 Å². The van der Waals surface area contributed by atoms with Gasteiger partial charge in [-0.3, -0.25) is 9.69 Å². The first kappa shape index (κ1) is 26.7. The normalized spacial score (nSPS) is 11.9. The molecule has 1 N–H and O–H groups in total. The lowest BCUT2D eigenvalue weighted by Gasteiger charge is -2.21. The van der Waals surface area contributed by atoms with E-state index in [0.29, 0.717) is 28.8 Å². The molecule has 4 rings (SSSR count). The largest absolute Gasteiger partial charge is 0.508 e. The molecule has 0 bridgehead atoms. The molecular weight excluding hydrogens is 507 g/mol. The third-order valence-electron chi connectivity index (χ3n) is 6.36. The van der Waals surface area contributed by atoms with Gasteiger partial charge in [-0.1, -0.05) is 37.0 Å². The minimum atomic E-state index is -0.113.